The van der Waals surface area contributed by atoms with Crippen molar-refractivity contribution in [2.45, 2.75) is 0 Å². The maximum absolute atomic E-state index is 12.0. The second-order valence-corrected chi connectivity index (χ2v) is 5.38. The fourth-order valence-electron chi connectivity index (χ4n) is 1.72. The Balaban J connectivity index is 2.20. The second kappa shape index (κ2) is 6.56. The quantitative estimate of drug-likeness (QED) is 0.497. The minimum absolute atomic E-state index is 0.0818. The van der Waals surface area contributed by atoms with Crippen LogP contribution < -0.4 is 4.74 Å². The lowest BCUT2D eigenvalue weighted by Crippen LogP contribution is -1.95. The summed E-state index contributed by atoms with van der Waals surface area (Å²) in [7, 11) is 1.51. The first-order valence-corrected chi connectivity index (χ1v) is 7.03. The van der Waals surface area contributed by atoms with E-state index >= 15 is 0 Å². The Morgan fingerprint density at radius 3 is 2.70 bits per heavy atom. The molecule has 3 nitrogen and oxygen atoms in total. The molecule has 0 amide bonds. The Labute approximate surface area is 131 Å². The molecule has 0 radical (unpaired) electrons. The minimum Gasteiger partial charge on any atom is -0.507 e. The Morgan fingerprint density at radius 2 is 2.05 bits per heavy atom. The van der Waals surface area contributed by atoms with Crippen LogP contribution in [0.3, 0.4) is 0 Å². The van der Waals surface area contributed by atoms with E-state index in [0.717, 1.165) is 9.13 Å². The number of carbonyl (C=O) groups is 1. The minimum atomic E-state index is -0.246. The van der Waals surface area contributed by atoms with Crippen LogP contribution in [0.1, 0.15) is 15.9 Å². The highest BCUT2D eigenvalue weighted by Gasteiger charge is 2.09. The molecule has 0 saturated heterocycles. The van der Waals surface area contributed by atoms with Gasteiger partial charge in [0.25, 0.3) is 0 Å². The molecule has 0 unspecified atom stereocenters. The first kappa shape index (κ1) is 14.6. The molecular formula is C16H13IO3. The fraction of sp³-hybridized carbons (Fsp3) is 0.0625. The number of hydrogen-bond acceptors (Lipinski definition) is 3. The van der Waals surface area contributed by atoms with Crippen molar-refractivity contribution in [3.8, 4) is 11.5 Å². The van der Waals surface area contributed by atoms with E-state index in [0.29, 0.717) is 5.75 Å². The number of carbonyl (C=O) groups excluding carboxylic acids is 1. The van der Waals surface area contributed by atoms with Crippen molar-refractivity contribution in [1.29, 1.82) is 0 Å². The topological polar surface area (TPSA) is 46.5 Å². The van der Waals surface area contributed by atoms with Crippen molar-refractivity contribution in [3.63, 3.8) is 0 Å². The number of phenols is 1. The van der Waals surface area contributed by atoms with Gasteiger partial charge in [0.2, 0.25) is 0 Å². The van der Waals surface area contributed by atoms with E-state index in [1.807, 2.05) is 24.3 Å². The summed E-state index contributed by atoms with van der Waals surface area (Å²) in [4.78, 5) is 12.0. The molecule has 0 atom stereocenters. The molecule has 2 aromatic carbocycles. The molecule has 0 aliphatic rings. The highest BCUT2D eigenvalue weighted by atomic mass is 127. The average molecular weight is 380 g/mol. The first-order valence-electron chi connectivity index (χ1n) is 5.95. The molecule has 0 spiro atoms. The third-order valence-electron chi connectivity index (χ3n) is 2.75. The Hall–Kier alpha value is -1.82. The van der Waals surface area contributed by atoms with E-state index in [4.69, 9.17) is 4.74 Å². The molecule has 4 heteroatoms. The highest BCUT2D eigenvalue weighted by molar-refractivity contribution is 14.1. The van der Waals surface area contributed by atoms with E-state index < -0.39 is 0 Å². The number of ketones is 1. The smallest absolute Gasteiger partial charge is 0.189 e. The van der Waals surface area contributed by atoms with Gasteiger partial charge < -0.3 is 9.84 Å². The summed E-state index contributed by atoms with van der Waals surface area (Å²) in [5, 5.41) is 9.80. The first-order chi connectivity index (χ1) is 9.60. The largest absolute Gasteiger partial charge is 0.507 e. The maximum Gasteiger partial charge on any atom is 0.189 e. The van der Waals surface area contributed by atoms with Gasteiger partial charge in [-0.05, 0) is 58.5 Å². The highest BCUT2D eigenvalue weighted by Crippen LogP contribution is 2.24. The zero-order valence-corrected chi connectivity index (χ0v) is 13.0. The monoisotopic (exact) mass is 380 g/mol. The molecule has 0 aromatic heterocycles. The zero-order chi connectivity index (χ0) is 14.5. The third kappa shape index (κ3) is 3.60. The summed E-state index contributed by atoms with van der Waals surface area (Å²) < 4.78 is 6.08. The van der Waals surface area contributed by atoms with Gasteiger partial charge >= 0.3 is 0 Å². The molecule has 102 valence electrons. The number of allylic oxidation sites excluding steroid dienone is 1. The Bertz CT molecular complexity index is 663. The number of phenolic OH excluding ortho intramolecular Hbond substituents is 1. The van der Waals surface area contributed by atoms with E-state index in [9.17, 15) is 9.90 Å². The fourth-order valence-corrected chi connectivity index (χ4v) is 2.29. The molecule has 0 bridgehead atoms. The standard InChI is InChI=1S/C16H13IO3/c1-20-13-6-7-14(16(19)10-13)15(18)8-5-11-3-2-4-12(17)9-11/h2-10,19H,1H3/b8-5+. The van der Waals surface area contributed by atoms with Crippen molar-refractivity contribution < 1.29 is 14.6 Å². The van der Waals surface area contributed by atoms with Gasteiger partial charge in [0, 0.05) is 9.64 Å². The lowest BCUT2D eigenvalue weighted by Gasteiger charge is -2.03. The van der Waals surface area contributed by atoms with Crippen LogP contribution in [0.5, 0.6) is 11.5 Å². The number of ether oxygens (including phenoxy) is 1. The molecule has 0 saturated carbocycles. The molecule has 0 aliphatic heterocycles. The third-order valence-corrected chi connectivity index (χ3v) is 3.42. The zero-order valence-electron chi connectivity index (χ0n) is 10.8. The molecule has 0 fully saturated rings. The van der Waals surface area contributed by atoms with Gasteiger partial charge in [0.15, 0.2) is 5.78 Å². The summed E-state index contributed by atoms with van der Waals surface area (Å²) >= 11 is 2.21. The SMILES string of the molecule is COc1ccc(C(=O)/C=C/c2cccc(I)c2)c(O)c1. The van der Waals surface area contributed by atoms with Crippen molar-refractivity contribution >= 4 is 34.5 Å². The average Bonchev–Trinajstić information content (AvgIpc) is 2.44. The van der Waals surface area contributed by atoms with Gasteiger partial charge in [-0.15, -0.1) is 0 Å². The van der Waals surface area contributed by atoms with Crippen LogP contribution in [0.15, 0.2) is 48.5 Å². The summed E-state index contributed by atoms with van der Waals surface area (Å²) in [6.07, 6.45) is 3.18. The van der Waals surface area contributed by atoms with E-state index in [1.165, 1.54) is 19.3 Å². The van der Waals surface area contributed by atoms with Crippen LogP contribution in [0.2, 0.25) is 0 Å². The van der Waals surface area contributed by atoms with Crippen LogP contribution in [0.4, 0.5) is 0 Å². The van der Waals surface area contributed by atoms with Crippen molar-refractivity contribution in [2.24, 2.45) is 0 Å². The van der Waals surface area contributed by atoms with Crippen LogP contribution in [-0.2, 0) is 0 Å². The molecule has 0 aliphatic carbocycles. The number of halogens is 1. The molecule has 2 rings (SSSR count). The number of rotatable bonds is 4. The van der Waals surface area contributed by atoms with E-state index in [1.54, 1.807) is 18.2 Å². The van der Waals surface area contributed by atoms with Gasteiger partial charge in [-0.25, -0.2) is 0 Å². The van der Waals surface area contributed by atoms with Crippen LogP contribution >= 0.6 is 22.6 Å². The predicted molar refractivity (Wildman–Crippen MR) is 87.2 cm³/mol. The van der Waals surface area contributed by atoms with Crippen LogP contribution in [0, 0.1) is 3.57 Å². The summed E-state index contributed by atoms with van der Waals surface area (Å²) in [6.45, 7) is 0. The van der Waals surface area contributed by atoms with Gasteiger partial charge in [0.05, 0.1) is 12.7 Å². The summed E-state index contributed by atoms with van der Waals surface area (Å²) in [6, 6.07) is 12.4. The predicted octanol–water partition coefficient (Wildman–Crippen LogP) is 3.90. The molecular weight excluding hydrogens is 367 g/mol. The molecule has 0 heterocycles. The van der Waals surface area contributed by atoms with Crippen LogP contribution in [0.25, 0.3) is 6.08 Å². The molecule has 20 heavy (non-hydrogen) atoms. The normalized spacial score (nSPS) is 10.7. The summed E-state index contributed by atoms with van der Waals surface area (Å²) in [5.74, 6) is 0.186. The van der Waals surface area contributed by atoms with Crippen molar-refractivity contribution in [2.75, 3.05) is 7.11 Å². The summed E-state index contributed by atoms with van der Waals surface area (Å²) in [5.41, 5.74) is 1.20. The van der Waals surface area contributed by atoms with E-state index in [2.05, 4.69) is 22.6 Å². The van der Waals surface area contributed by atoms with Crippen molar-refractivity contribution in [1.82, 2.24) is 0 Å². The van der Waals surface area contributed by atoms with E-state index in [-0.39, 0.29) is 17.1 Å². The Kier molecular flexibility index (Phi) is 4.79. The number of aromatic hydroxyl groups is 1. The molecule has 2 aromatic rings. The Morgan fingerprint density at radius 1 is 1.25 bits per heavy atom. The van der Waals surface area contributed by atoms with Crippen LogP contribution in [-0.4, -0.2) is 18.0 Å². The van der Waals surface area contributed by atoms with Gasteiger partial charge in [-0.2, -0.15) is 0 Å². The number of hydrogen-bond donors (Lipinski definition) is 1. The molecule has 1 N–H and O–H groups in total. The number of methoxy groups -OCH3 is 1. The number of benzene rings is 2. The van der Waals surface area contributed by atoms with Gasteiger partial charge in [-0.3, -0.25) is 4.79 Å². The lowest BCUT2D eigenvalue weighted by atomic mass is 10.1. The van der Waals surface area contributed by atoms with Crippen molar-refractivity contribution in [3.05, 3.63) is 63.2 Å². The second-order valence-electron chi connectivity index (χ2n) is 4.14. The van der Waals surface area contributed by atoms with Gasteiger partial charge in [0.1, 0.15) is 11.5 Å². The lowest BCUT2D eigenvalue weighted by molar-refractivity contribution is 0.104. The maximum atomic E-state index is 12.0. The van der Waals surface area contributed by atoms with Gasteiger partial charge in [-0.1, -0.05) is 18.2 Å².